The molecule has 0 unspecified atom stereocenters. The Bertz CT molecular complexity index is 389. The second-order valence-electron chi connectivity index (χ2n) is 2.72. The second kappa shape index (κ2) is 4.53. The highest BCUT2D eigenvalue weighted by Crippen LogP contribution is 2.36. The molecule has 0 aliphatic carbocycles. The van der Waals surface area contributed by atoms with Crippen molar-refractivity contribution in [1.29, 1.82) is 0 Å². The van der Waals surface area contributed by atoms with Crippen molar-refractivity contribution in [3.63, 3.8) is 0 Å². The predicted molar refractivity (Wildman–Crippen MR) is 54.6 cm³/mol. The van der Waals surface area contributed by atoms with Crippen molar-refractivity contribution in [2.75, 3.05) is 5.33 Å². The van der Waals surface area contributed by atoms with E-state index in [9.17, 15) is 18.0 Å². The van der Waals surface area contributed by atoms with Crippen LogP contribution in [0.4, 0.5) is 13.2 Å². The molecule has 0 heterocycles. The summed E-state index contributed by atoms with van der Waals surface area (Å²) in [6.07, 6.45) is -4.54. The summed E-state index contributed by atoms with van der Waals surface area (Å²) in [5.41, 5.74) is -1.11. The first-order chi connectivity index (χ1) is 6.88. The molecule has 0 radical (unpaired) electrons. The summed E-state index contributed by atoms with van der Waals surface area (Å²) in [6.45, 7) is 0. The van der Waals surface area contributed by atoms with Crippen molar-refractivity contribution >= 4 is 33.3 Å². The minimum absolute atomic E-state index is 0.0615. The number of ketones is 1. The van der Waals surface area contributed by atoms with Crippen molar-refractivity contribution in [2.24, 2.45) is 0 Å². The first-order valence-corrected chi connectivity index (χ1v) is 5.32. The quantitative estimate of drug-likeness (QED) is 0.597. The summed E-state index contributed by atoms with van der Waals surface area (Å²) in [6, 6.07) is 3.26. The number of carbonyl (C=O) groups excluding carboxylic acids is 1. The van der Waals surface area contributed by atoms with E-state index in [0.29, 0.717) is 0 Å². The van der Waals surface area contributed by atoms with Gasteiger partial charge in [-0.15, -0.1) is 0 Å². The highest BCUT2D eigenvalue weighted by molar-refractivity contribution is 9.09. The minimum atomic E-state index is -4.54. The minimum Gasteiger partial charge on any atom is -0.293 e. The molecule has 1 rings (SSSR count). The molecule has 82 valence electrons. The van der Waals surface area contributed by atoms with Gasteiger partial charge >= 0.3 is 6.18 Å². The van der Waals surface area contributed by atoms with Crippen molar-refractivity contribution in [1.82, 2.24) is 0 Å². The van der Waals surface area contributed by atoms with Crippen molar-refractivity contribution < 1.29 is 18.0 Å². The van der Waals surface area contributed by atoms with Gasteiger partial charge in [0.2, 0.25) is 0 Å². The van der Waals surface area contributed by atoms with E-state index in [2.05, 4.69) is 15.9 Å². The molecular formula is C9H5BrClF3O. The normalized spacial score (nSPS) is 11.5. The lowest BCUT2D eigenvalue weighted by Gasteiger charge is -2.10. The third kappa shape index (κ3) is 2.72. The van der Waals surface area contributed by atoms with Gasteiger partial charge in [0.15, 0.2) is 5.78 Å². The number of hydrogen-bond acceptors (Lipinski definition) is 1. The number of alkyl halides is 4. The van der Waals surface area contributed by atoms with Crippen molar-refractivity contribution in [2.45, 2.75) is 6.18 Å². The van der Waals surface area contributed by atoms with Crippen LogP contribution in [0.15, 0.2) is 18.2 Å². The lowest BCUT2D eigenvalue weighted by molar-refractivity contribution is -0.137. The van der Waals surface area contributed by atoms with Crippen LogP contribution in [0.25, 0.3) is 0 Å². The summed E-state index contributed by atoms with van der Waals surface area (Å²) >= 11 is 8.38. The van der Waals surface area contributed by atoms with Gasteiger partial charge < -0.3 is 0 Å². The molecule has 6 heteroatoms. The predicted octanol–water partition coefficient (Wildman–Crippen LogP) is 3.94. The summed E-state index contributed by atoms with van der Waals surface area (Å²) in [4.78, 5) is 11.2. The van der Waals surface area contributed by atoms with Crippen LogP contribution in [0, 0.1) is 0 Å². The first-order valence-electron chi connectivity index (χ1n) is 3.82. The molecule has 0 spiro atoms. The summed E-state index contributed by atoms with van der Waals surface area (Å²) in [5, 5.41) is -0.608. The van der Waals surface area contributed by atoms with E-state index >= 15 is 0 Å². The van der Waals surface area contributed by atoms with E-state index in [1.54, 1.807) is 0 Å². The number of carbonyl (C=O) groups is 1. The maximum Gasteiger partial charge on any atom is 0.417 e. The van der Waals surface area contributed by atoms with Gasteiger partial charge in [-0.25, -0.2) is 0 Å². The maximum absolute atomic E-state index is 12.4. The standard InChI is InChI=1S/C9H5BrClF3O/c10-4-7(15)5-2-1-3-6(8(5)11)9(12,13)14/h1-3H,4H2. The van der Waals surface area contributed by atoms with Gasteiger partial charge in [0.05, 0.1) is 15.9 Å². The number of hydrogen-bond donors (Lipinski definition) is 0. The Hall–Kier alpha value is -0.550. The van der Waals surface area contributed by atoms with Gasteiger partial charge in [0, 0.05) is 5.56 Å². The third-order valence-electron chi connectivity index (χ3n) is 1.73. The zero-order valence-electron chi connectivity index (χ0n) is 7.24. The van der Waals surface area contributed by atoms with Crippen LogP contribution in [0.1, 0.15) is 15.9 Å². The van der Waals surface area contributed by atoms with Gasteiger partial charge in [0.25, 0.3) is 0 Å². The molecular weight excluding hydrogens is 296 g/mol. The van der Waals surface area contributed by atoms with E-state index in [-0.39, 0.29) is 10.9 Å². The lowest BCUT2D eigenvalue weighted by Crippen LogP contribution is -2.09. The van der Waals surface area contributed by atoms with Crippen LogP contribution in [-0.2, 0) is 6.18 Å². The summed E-state index contributed by atoms with van der Waals surface area (Å²) in [7, 11) is 0. The van der Waals surface area contributed by atoms with Gasteiger partial charge in [-0.3, -0.25) is 4.79 Å². The molecule has 0 N–H and O–H groups in total. The molecule has 0 aromatic heterocycles. The fraction of sp³-hybridized carbons (Fsp3) is 0.222. The lowest BCUT2D eigenvalue weighted by atomic mass is 10.1. The Morgan fingerprint density at radius 1 is 1.40 bits per heavy atom. The van der Waals surface area contributed by atoms with Gasteiger partial charge in [-0.1, -0.05) is 33.6 Å². The number of Topliss-reactive ketones (excluding diaryl/α,β-unsaturated/α-hetero) is 1. The fourth-order valence-electron chi connectivity index (χ4n) is 1.04. The molecule has 0 aliphatic rings. The van der Waals surface area contributed by atoms with Crippen LogP contribution in [-0.4, -0.2) is 11.1 Å². The molecule has 15 heavy (non-hydrogen) atoms. The SMILES string of the molecule is O=C(CBr)c1cccc(C(F)(F)F)c1Cl. The Balaban J connectivity index is 3.30. The molecule has 1 nitrogen and oxygen atoms in total. The molecule has 0 aliphatic heterocycles. The zero-order chi connectivity index (χ0) is 11.6. The van der Waals surface area contributed by atoms with Crippen molar-refractivity contribution in [3.05, 3.63) is 34.3 Å². The van der Waals surface area contributed by atoms with Gasteiger partial charge in [0.1, 0.15) is 0 Å². The smallest absolute Gasteiger partial charge is 0.293 e. The number of benzene rings is 1. The zero-order valence-corrected chi connectivity index (χ0v) is 9.58. The summed E-state index contributed by atoms with van der Waals surface area (Å²) in [5.74, 6) is -0.480. The van der Waals surface area contributed by atoms with E-state index < -0.39 is 22.5 Å². The van der Waals surface area contributed by atoms with Crippen LogP contribution >= 0.6 is 27.5 Å². The largest absolute Gasteiger partial charge is 0.417 e. The topological polar surface area (TPSA) is 17.1 Å². The third-order valence-corrected chi connectivity index (χ3v) is 2.64. The van der Waals surface area contributed by atoms with Gasteiger partial charge in [-0.05, 0) is 12.1 Å². The molecule has 0 atom stereocenters. The van der Waals surface area contributed by atoms with E-state index in [1.165, 1.54) is 6.07 Å². The van der Waals surface area contributed by atoms with Crippen LogP contribution in [0.5, 0.6) is 0 Å². The van der Waals surface area contributed by atoms with Gasteiger partial charge in [-0.2, -0.15) is 13.2 Å². The fourth-order valence-corrected chi connectivity index (χ4v) is 1.68. The molecule has 1 aromatic carbocycles. The highest BCUT2D eigenvalue weighted by Gasteiger charge is 2.34. The molecule has 0 amide bonds. The Labute approximate surface area is 97.4 Å². The molecule has 0 fully saturated rings. The van der Waals surface area contributed by atoms with Crippen LogP contribution in [0.2, 0.25) is 5.02 Å². The Morgan fingerprint density at radius 3 is 2.47 bits per heavy atom. The highest BCUT2D eigenvalue weighted by atomic mass is 79.9. The molecule has 0 saturated carbocycles. The van der Waals surface area contributed by atoms with Crippen LogP contribution < -0.4 is 0 Å². The molecule has 0 bridgehead atoms. The first kappa shape index (κ1) is 12.5. The maximum atomic E-state index is 12.4. The van der Waals surface area contributed by atoms with E-state index in [4.69, 9.17) is 11.6 Å². The Kier molecular flexibility index (Phi) is 3.78. The average Bonchev–Trinajstić information content (AvgIpc) is 2.15. The molecule has 0 saturated heterocycles. The van der Waals surface area contributed by atoms with E-state index in [0.717, 1.165) is 12.1 Å². The van der Waals surface area contributed by atoms with Crippen LogP contribution in [0.3, 0.4) is 0 Å². The number of rotatable bonds is 2. The van der Waals surface area contributed by atoms with E-state index in [1.807, 2.05) is 0 Å². The average molecular weight is 301 g/mol. The molecule has 1 aromatic rings. The summed E-state index contributed by atoms with van der Waals surface area (Å²) < 4.78 is 37.2. The monoisotopic (exact) mass is 300 g/mol. The van der Waals surface area contributed by atoms with Crippen molar-refractivity contribution in [3.8, 4) is 0 Å². The Morgan fingerprint density at radius 2 is 2.00 bits per heavy atom. The second-order valence-corrected chi connectivity index (χ2v) is 3.66. The number of halogens is 5.